The van der Waals surface area contributed by atoms with E-state index in [9.17, 15) is 4.79 Å². The van der Waals surface area contributed by atoms with E-state index in [1.54, 1.807) is 12.1 Å². The number of likely N-dealkylation sites (tertiary alicyclic amines) is 1. The number of carbonyl (C=O) groups excluding carboxylic acids is 1. The largest absolute Gasteiger partial charge is 0.465 e. The van der Waals surface area contributed by atoms with Crippen molar-refractivity contribution in [3.63, 3.8) is 0 Å². The van der Waals surface area contributed by atoms with Crippen molar-refractivity contribution in [3.05, 3.63) is 23.8 Å². The molecule has 6 nitrogen and oxygen atoms in total. The van der Waals surface area contributed by atoms with Crippen LogP contribution in [0.5, 0.6) is 0 Å². The molecule has 0 bridgehead atoms. The van der Waals surface area contributed by atoms with Crippen molar-refractivity contribution in [1.82, 2.24) is 14.5 Å². The number of carbonyl (C=O) groups is 1. The van der Waals surface area contributed by atoms with E-state index in [1.807, 2.05) is 10.6 Å². The fraction of sp³-hybridized carbons (Fsp3) is 0.467. The van der Waals surface area contributed by atoms with Gasteiger partial charge in [0.15, 0.2) is 0 Å². The molecular weight excluding hydrogens is 268 g/mol. The summed E-state index contributed by atoms with van der Waals surface area (Å²) in [4.78, 5) is 18.4. The van der Waals surface area contributed by atoms with Gasteiger partial charge >= 0.3 is 5.97 Å². The Labute approximate surface area is 123 Å². The SMILES string of the molecule is COC(=O)c1ccc2nc(N)n(CCN3CCCC3)c2c1. The Balaban J connectivity index is 1.88. The van der Waals surface area contributed by atoms with Gasteiger partial charge in [-0.1, -0.05) is 0 Å². The molecule has 0 aliphatic carbocycles. The van der Waals surface area contributed by atoms with Gasteiger partial charge in [0.1, 0.15) is 0 Å². The summed E-state index contributed by atoms with van der Waals surface area (Å²) >= 11 is 0. The van der Waals surface area contributed by atoms with Gasteiger partial charge in [-0.05, 0) is 44.1 Å². The number of rotatable bonds is 4. The molecule has 1 saturated heterocycles. The van der Waals surface area contributed by atoms with Crippen molar-refractivity contribution in [2.24, 2.45) is 0 Å². The minimum Gasteiger partial charge on any atom is -0.465 e. The summed E-state index contributed by atoms with van der Waals surface area (Å²) < 4.78 is 6.74. The average Bonchev–Trinajstić information content (AvgIpc) is 3.10. The van der Waals surface area contributed by atoms with E-state index >= 15 is 0 Å². The molecule has 2 heterocycles. The van der Waals surface area contributed by atoms with E-state index in [4.69, 9.17) is 10.5 Å². The number of imidazole rings is 1. The Kier molecular flexibility index (Phi) is 3.79. The summed E-state index contributed by atoms with van der Waals surface area (Å²) in [6.45, 7) is 4.05. The predicted octanol–water partition coefficient (Wildman–Crippen LogP) is 1.50. The van der Waals surface area contributed by atoms with E-state index in [0.717, 1.165) is 37.2 Å². The van der Waals surface area contributed by atoms with Gasteiger partial charge in [-0.15, -0.1) is 0 Å². The second kappa shape index (κ2) is 5.73. The van der Waals surface area contributed by atoms with Gasteiger partial charge in [-0.25, -0.2) is 9.78 Å². The zero-order valence-electron chi connectivity index (χ0n) is 12.2. The Bertz CT molecular complexity index is 659. The van der Waals surface area contributed by atoms with E-state index in [1.165, 1.54) is 20.0 Å². The zero-order chi connectivity index (χ0) is 14.8. The predicted molar refractivity (Wildman–Crippen MR) is 81.2 cm³/mol. The number of anilines is 1. The van der Waals surface area contributed by atoms with E-state index in [2.05, 4.69) is 9.88 Å². The van der Waals surface area contributed by atoms with Gasteiger partial charge in [0.2, 0.25) is 5.95 Å². The lowest BCUT2D eigenvalue weighted by molar-refractivity contribution is 0.0601. The highest BCUT2D eigenvalue weighted by Crippen LogP contribution is 2.20. The molecule has 1 fully saturated rings. The van der Waals surface area contributed by atoms with Crippen LogP contribution < -0.4 is 5.73 Å². The fourth-order valence-corrected chi connectivity index (χ4v) is 2.87. The van der Waals surface area contributed by atoms with Crippen molar-refractivity contribution in [2.45, 2.75) is 19.4 Å². The standard InChI is InChI=1S/C15H20N4O2/c1-21-14(20)11-4-5-12-13(10-11)19(15(16)17-12)9-8-18-6-2-3-7-18/h4-5,10H,2-3,6-9H2,1H3,(H2,16,17). The molecule has 0 radical (unpaired) electrons. The lowest BCUT2D eigenvalue weighted by Gasteiger charge is -2.15. The maximum absolute atomic E-state index is 11.7. The summed E-state index contributed by atoms with van der Waals surface area (Å²) in [5, 5.41) is 0. The van der Waals surface area contributed by atoms with Crippen LogP contribution in [0, 0.1) is 0 Å². The molecule has 2 aromatic rings. The maximum Gasteiger partial charge on any atom is 0.337 e. The minimum absolute atomic E-state index is 0.345. The van der Waals surface area contributed by atoms with Crippen LogP contribution in [0.25, 0.3) is 11.0 Å². The zero-order valence-corrected chi connectivity index (χ0v) is 12.2. The molecular formula is C15H20N4O2. The second-order valence-corrected chi connectivity index (χ2v) is 5.37. The van der Waals surface area contributed by atoms with Gasteiger partial charge < -0.3 is 19.9 Å². The third kappa shape index (κ3) is 2.71. The number of hydrogen-bond donors (Lipinski definition) is 1. The first-order chi connectivity index (χ1) is 10.2. The molecule has 112 valence electrons. The Morgan fingerprint density at radius 1 is 1.33 bits per heavy atom. The average molecular weight is 288 g/mol. The summed E-state index contributed by atoms with van der Waals surface area (Å²) in [6, 6.07) is 5.32. The van der Waals surface area contributed by atoms with Crippen LogP contribution in [0.1, 0.15) is 23.2 Å². The Morgan fingerprint density at radius 3 is 2.81 bits per heavy atom. The van der Waals surface area contributed by atoms with E-state index < -0.39 is 0 Å². The molecule has 6 heteroatoms. The molecule has 1 aromatic heterocycles. The first-order valence-corrected chi connectivity index (χ1v) is 7.25. The lowest BCUT2D eigenvalue weighted by atomic mass is 10.2. The lowest BCUT2D eigenvalue weighted by Crippen LogP contribution is -2.24. The number of fused-ring (bicyclic) bond motifs is 1. The van der Waals surface area contributed by atoms with Crippen LogP contribution in [0.15, 0.2) is 18.2 Å². The topological polar surface area (TPSA) is 73.4 Å². The van der Waals surface area contributed by atoms with Crippen molar-refractivity contribution >= 4 is 23.0 Å². The third-order valence-electron chi connectivity index (χ3n) is 4.04. The Hall–Kier alpha value is -2.08. The van der Waals surface area contributed by atoms with Crippen molar-refractivity contribution in [2.75, 3.05) is 32.5 Å². The molecule has 0 saturated carbocycles. The van der Waals surface area contributed by atoms with Crippen molar-refractivity contribution < 1.29 is 9.53 Å². The van der Waals surface area contributed by atoms with Crippen LogP contribution in [-0.4, -0.2) is 47.2 Å². The van der Waals surface area contributed by atoms with Crippen LogP contribution in [0.2, 0.25) is 0 Å². The molecule has 0 spiro atoms. The van der Waals surface area contributed by atoms with Crippen molar-refractivity contribution in [3.8, 4) is 0 Å². The monoisotopic (exact) mass is 288 g/mol. The first-order valence-electron chi connectivity index (χ1n) is 7.25. The highest BCUT2D eigenvalue weighted by Gasteiger charge is 2.15. The molecule has 1 aliphatic heterocycles. The number of nitrogen functional groups attached to an aromatic ring is 1. The maximum atomic E-state index is 11.7. The van der Waals surface area contributed by atoms with Crippen LogP contribution >= 0.6 is 0 Å². The molecule has 2 N–H and O–H groups in total. The number of aromatic nitrogens is 2. The molecule has 0 atom stereocenters. The summed E-state index contributed by atoms with van der Waals surface area (Å²) in [5.41, 5.74) is 8.23. The molecule has 21 heavy (non-hydrogen) atoms. The van der Waals surface area contributed by atoms with Crippen LogP contribution in [-0.2, 0) is 11.3 Å². The summed E-state index contributed by atoms with van der Waals surface area (Å²) in [5.74, 6) is 0.147. The molecule has 3 rings (SSSR count). The number of hydrogen-bond acceptors (Lipinski definition) is 5. The number of benzene rings is 1. The number of nitrogens with two attached hydrogens (primary N) is 1. The number of esters is 1. The molecule has 1 aliphatic rings. The summed E-state index contributed by atoms with van der Waals surface area (Å²) in [6.07, 6.45) is 2.54. The third-order valence-corrected chi connectivity index (χ3v) is 4.04. The number of nitrogens with zero attached hydrogens (tertiary/aromatic N) is 3. The van der Waals surface area contributed by atoms with Crippen molar-refractivity contribution in [1.29, 1.82) is 0 Å². The van der Waals surface area contributed by atoms with Gasteiger partial charge in [-0.3, -0.25) is 0 Å². The fourth-order valence-electron chi connectivity index (χ4n) is 2.87. The second-order valence-electron chi connectivity index (χ2n) is 5.37. The highest BCUT2D eigenvalue weighted by atomic mass is 16.5. The first kappa shape index (κ1) is 13.9. The number of ether oxygens (including phenoxy) is 1. The van der Waals surface area contributed by atoms with Crippen LogP contribution in [0.4, 0.5) is 5.95 Å². The van der Waals surface area contributed by atoms with Gasteiger partial charge in [0.25, 0.3) is 0 Å². The minimum atomic E-state index is -0.345. The summed E-state index contributed by atoms with van der Waals surface area (Å²) in [7, 11) is 1.38. The quantitative estimate of drug-likeness (QED) is 0.863. The van der Waals surface area contributed by atoms with Gasteiger partial charge in [0, 0.05) is 13.1 Å². The highest BCUT2D eigenvalue weighted by molar-refractivity contribution is 5.94. The van der Waals surface area contributed by atoms with E-state index in [-0.39, 0.29) is 5.97 Å². The normalized spacial score (nSPS) is 15.7. The Morgan fingerprint density at radius 2 is 2.10 bits per heavy atom. The van der Waals surface area contributed by atoms with E-state index in [0.29, 0.717) is 11.5 Å². The molecule has 1 aromatic carbocycles. The van der Waals surface area contributed by atoms with Gasteiger partial charge in [-0.2, -0.15) is 0 Å². The van der Waals surface area contributed by atoms with Crippen LogP contribution in [0.3, 0.4) is 0 Å². The van der Waals surface area contributed by atoms with Gasteiger partial charge in [0.05, 0.1) is 23.7 Å². The number of methoxy groups -OCH3 is 1. The molecule has 0 unspecified atom stereocenters. The smallest absolute Gasteiger partial charge is 0.337 e. The molecule has 0 amide bonds.